The molecule has 0 aliphatic heterocycles. The summed E-state index contributed by atoms with van der Waals surface area (Å²) in [5, 5.41) is 11.4. The van der Waals surface area contributed by atoms with Crippen molar-refractivity contribution in [3.05, 3.63) is 40.9 Å². The number of aliphatic carboxylic acids is 1. The summed E-state index contributed by atoms with van der Waals surface area (Å²) >= 11 is 0. The third-order valence-electron chi connectivity index (χ3n) is 2.48. The third-order valence-corrected chi connectivity index (χ3v) is 2.48. The van der Waals surface area contributed by atoms with E-state index in [9.17, 15) is 9.59 Å². The van der Waals surface area contributed by atoms with E-state index >= 15 is 0 Å². The average molecular weight is 248 g/mol. The lowest BCUT2D eigenvalue weighted by Crippen LogP contribution is -2.08. The fourth-order valence-corrected chi connectivity index (χ4v) is 1.58. The predicted octanol–water partition coefficient (Wildman–Crippen LogP) is 1.18. The van der Waals surface area contributed by atoms with E-state index in [1.807, 2.05) is 0 Å². The summed E-state index contributed by atoms with van der Waals surface area (Å²) in [5.74, 6) is -1.39. The number of aryl methyl sites for hydroxylation is 1. The third kappa shape index (κ3) is 2.42. The molecule has 6 heteroatoms. The van der Waals surface area contributed by atoms with E-state index in [1.165, 1.54) is 10.6 Å². The molecule has 0 unspecified atom stereocenters. The highest BCUT2D eigenvalue weighted by Gasteiger charge is 2.05. The van der Waals surface area contributed by atoms with Crippen LogP contribution in [0.1, 0.15) is 0 Å². The molecule has 0 saturated carbocycles. The van der Waals surface area contributed by atoms with Crippen molar-refractivity contribution in [1.82, 2.24) is 4.57 Å². The number of carbonyl (C=O) groups is 1. The first-order valence-corrected chi connectivity index (χ1v) is 5.31. The molecule has 0 radical (unpaired) electrons. The number of oxazole rings is 1. The minimum absolute atomic E-state index is 0.384. The van der Waals surface area contributed by atoms with Gasteiger partial charge in [-0.2, -0.15) is 0 Å². The largest absolute Gasteiger partial charge is 0.478 e. The molecule has 0 saturated heterocycles. The lowest BCUT2D eigenvalue weighted by molar-refractivity contribution is -0.131. The van der Waals surface area contributed by atoms with Crippen molar-refractivity contribution in [2.24, 2.45) is 7.05 Å². The Morgan fingerprint density at radius 1 is 1.56 bits per heavy atom. The normalized spacial score (nSPS) is 11.2. The summed E-state index contributed by atoms with van der Waals surface area (Å²) in [5.41, 5.74) is 1.97. The molecule has 0 atom stereocenters. The van der Waals surface area contributed by atoms with Gasteiger partial charge in [-0.3, -0.25) is 4.57 Å². The molecule has 0 aliphatic carbocycles. The second kappa shape index (κ2) is 4.79. The summed E-state index contributed by atoms with van der Waals surface area (Å²) in [7, 11) is 1.64. The Morgan fingerprint density at radius 2 is 2.33 bits per heavy atom. The molecular formula is C12H12N2O4. The Kier molecular flexibility index (Phi) is 3.18. The molecule has 6 nitrogen and oxygen atoms in total. The second-order valence-electron chi connectivity index (χ2n) is 3.73. The average Bonchev–Trinajstić information content (AvgIpc) is 2.60. The van der Waals surface area contributed by atoms with Crippen LogP contribution >= 0.6 is 0 Å². The van der Waals surface area contributed by atoms with Crippen molar-refractivity contribution < 1.29 is 14.3 Å². The van der Waals surface area contributed by atoms with Gasteiger partial charge in [-0.15, -0.1) is 0 Å². The molecule has 94 valence electrons. The van der Waals surface area contributed by atoms with Gasteiger partial charge in [0, 0.05) is 31.4 Å². The maximum Gasteiger partial charge on any atom is 0.419 e. The molecule has 0 aliphatic rings. The zero-order valence-electron chi connectivity index (χ0n) is 9.71. The highest BCUT2D eigenvalue weighted by molar-refractivity contribution is 5.80. The van der Waals surface area contributed by atoms with E-state index in [0.29, 0.717) is 17.6 Å². The Hall–Kier alpha value is -2.50. The van der Waals surface area contributed by atoms with Gasteiger partial charge >= 0.3 is 11.7 Å². The first-order chi connectivity index (χ1) is 8.58. The smallest absolute Gasteiger partial charge is 0.419 e. The van der Waals surface area contributed by atoms with Gasteiger partial charge in [-0.1, -0.05) is 6.08 Å². The molecule has 0 spiro atoms. The molecule has 1 aromatic heterocycles. The van der Waals surface area contributed by atoms with Crippen molar-refractivity contribution in [3.63, 3.8) is 0 Å². The first kappa shape index (κ1) is 12.0. The minimum atomic E-state index is -0.985. The summed E-state index contributed by atoms with van der Waals surface area (Å²) in [4.78, 5) is 21.5. The molecular weight excluding hydrogens is 236 g/mol. The molecule has 0 amide bonds. The second-order valence-corrected chi connectivity index (χ2v) is 3.73. The topological polar surface area (TPSA) is 84.5 Å². The Morgan fingerprint density at radius 3 is 3.06 bits per heavy atom. The van der Waals surface area contributed by atoms with Crippen molar-refractivity contribution in [1.29, 1.82) is 0 Å². The summed E-state index contributed by atoms with van der Waals surface area (Å²) < 4.78 is 6.46. The Labute approximate surface area is 102 Å². The van der Waals surface area contributed by atoms with Crippen LogP contribution in [0.3, 0.4) is 0 Å². The van der Waals surface area contributed by atoms with Crippen LogP contribution in [-0.2, 0) is 11.8 Å². The van der Waals surface area contributed by atoms with E-state index < -0.39 is 11.7 Å². The molecule has 0 bridgehead atoms. The number of nitrogens with zero attached hydrogens (tertiary/aromatic N) is 1. The van der Waals surface area contributed by atoms with Crippen LogP contribution in [0.25, 0.3) is 11.1 Å². The summed E-state index contributed by atoms with van der Waals surface area (Å²) in [6.45, 7) is 0.384. The molecule has 2 aromatic rings. The zero-order valence-corrected chi connectivity index (χ0v) is 9.71. The van der Waals surface area contributed by atoms with E-state index in [4.69, 9.17) is 9.52 Å². The van der Waals surface area contributed by atoms with E-state index in [2.05, 4.69) is 5.32 Å². The number of benzene rings is 1. The van der Waals surface area contributed by atoms with Crippen LogP contribution in [-0.4, -0.2) is 22.2 Å². The van der Waals surface area contributed by atoms with Gasteiger partial charge in [0.2, 0.25) is 0 Å². The SMILES string of the molecule is Cn1c(=O)oc2cc(NC/C=C/C(=O)O)ccc21. The Bertz CT molecular complexity index is 666. The quantitative estimate of drug-likeness (QED) is 0.794. The van der Waals surface area contributed by atoms with Gasteiger partial charge in [-0.05, 0) is 12.1 Å². The van der Waals surface area contributed by atoms with Crippen molar-refractivity contribution in [3.8, 4) is 0 Å². The van der Waals surface area contributed by atoms with Crippen LogP contribution in [0.5, 0.6) is 0 Å². The lowest BCUT2D eigenvalue weighted by atomic mass is 10.3. The monoisotopic (exact) mass is 248 g/mol. The number of hydrogen-bond acceptors (Lipinski definition) is 4. The molecule has 0 fully saturated rings. The van der Waals surface area contributed by atoms with E-state index in [0.717, 1.165) is 11.8 Å². The number of carboxylic acid groups (broad SMARTS) is 1. The predicted molar refractivity (Wildman–Crippen MR) is 66.7 cm³/mol. The first-order valence-electron chi connectivity index (χ1n) is 5.31. The Balaban J connectivity index is 2.15. The standard InChI is InChI=1S/C12H12N2O4/c1-14-9-5-4-8(7-10(9)18-12(14)17)13-6-2-3-11(15)16/h2-5,7,13H,6H2,1H3,(H,15,16)/b3-2+. The molecule has 2 rings (SSSR count). The van der Waals surface area contributed by atoms with Gasteiger partial charge < -0.3 is 14.8 Å². The number of nitrogens with one attached hydrogen (secondary N) is 1. The van der Waals surface area contributed by atoms with Gasteiger partial charge in [0.05, 0.1) is 5.52 Å². The van der Waals surface area contributed by atoms with Crippen LogP contribution in [0, 0.1) is 0 Å². The number of hydrogen-bond donors (Lipinski definition) is 2. The fourth-order valence-electron chi connectivity index (χ4n) is 1.58. The summed E-state index contributed by atoms with van der Waals surface area (Å²) in [6.07, 6.45) is 2.56. The maximum atomic E-state index is 11.3. The fraction of sp³-hybridized carbons (Fsp3) is 0.167. The van der Waals surface area contributed by atoms with Crippen molar-refractivity contribution in [2.45, 2.75) is 0 Å². The van der Waals surface area contributed by atoms with Gasteiger partial charge in [-0.25, -0.2) is 9.59 Å². The lowest BCUT2D eigenvalue weighted by Gasteiger charge is -2.02. The number of anilines is 1. The highest BCUT2D eigenvalue weighted by Crippen LogP contribution is 2.17. The zero-order chi connectivity index (χ0) is 13.1. The number of carboxylic acids is 1. The van der Waals surface area contributed by atoms with E-state index in [-0.39, 0.29) is 0 Å². The molecule has 1 heterocycles. The maximum absolute atomic E-state index is 11.3. The summed E-state index contributed by atoms with van der Waals surface area (Å²) in [6, 6.07) is 5.26. The van der Waals surface area contributed by atoms with Gasteiger partial charge in [0.1, 0.15) is 0 Å². The van der Waals surface area contributed by atoms with Crippen molar-refractivity contribution in [2.75, 3.05) is 11.9 Å². The molecule has 18 heavy (non-hydrogen) atoms. The minimum Gasteiger partial charge on any atom is -0.478 e. The molecule has 2 N–H and O–H groups in total. The van der Waals surface area contributed by atoms with Crippen LogP contribution < -0.4 is 11.1 Å². The van der Waals surface area contributed by atoms with Crippen LogP contribution in [0.4, 0.5) is 5.69 Å². The number of rotatable bonds is 4. The van der Waals surface area contributed by atoms with E-state index in [1.54, 1.807) is 25.2 Å². The van der Waals surface area contributed by atoms with Crippen LogP contribution in [0.15, 0.2) is 39.6 Å². The van der Waals surface area contributed by atoms with Gasteiger partial charge in [0.25, 0.3) is 0 Å². The van der Waals surface area contributed by atoms with Gasteiger partial charge in [0.15, 0.2) is 5.58 Å². The van der Waals surface area contributed by atoms with Crippen LogP contribution in [0.2, 0.25) is 0 Å². The molecule has 1 aromatic carbocycles. The number of aromatic nitrogens is 1. The number of fused-ring (bicyclic) bond motifs is 1. The highest BCUT2D eigenvalue weighted by atomic mass is 16.4. The van der Waals surface area contributed by atoms with Crippen molar-refractivity contribution >= 4 is 22.8 Å².